The summed E-state index contributed by atoms with van der Waals surface area (Å²) in [6, 6.07) is 0.379. The van der Waals surface area contributed by atoms with E-state index in [1.165, 1.54) is 0 Å². The molecule has 2 N–H and O–H groups in total. The van der Waals surface area contributed by atoms with Gasteiger partial charge >= 0.3 is 0 Å². The molecule has 0 radical (unpaired) electrons. The molecule has 76 valence electrons. The minimum atomic E-state index is 0.379. The summed E-state index contributed by atoms with van der Waals surface area (Å²) in [5.74, 6) is 0. The third-order valence-corrected chi connectivity index (χ3v) is 2.98. The van der Waals surface area contributed by atoms with Gasteiger partial charge in [-0.15, -0.1) is 0 Å². The predicted octanol–water partition coefficient (Wildman–Crippen LogP) is 1.06. The van der Waals surface area contributed by atoms with Crippen LogP contribution in [0.1, 0.15) is 32.1 Å². The molecule has 1 aliphatic carbocycles. The molecule has 0 bridgehead atoms. The lowest BCUT2D eigenvalue weighted by molar-refractivity contribution is -0.0657. The van der Waals surface area contributed by atoms with E-state index in [1.54, 1.807) is 0 Å². The van der Waals surface area contributed by atoms with Crippen LogP contribution in [0.5, 0.6) is 0 Å². The lowest BCUT2D eigenvalue weighted by Crippen LogP contribution is -2.28. The summed E-state index contributed by atoms with van der Waals surface area (Å²) in [5.41, 5.74) is 5.83. The third-order valence-electron chi connectivity index (χ3n) is 2.98. The van der Waals surface area contributed by atoms with E-state index in [0.717, 1.165) is 45.3 Å². The summed E-state index contributed by atoms with van der Waals surface area (Å²) in [4.78, 5) is 0. The minimum Gasteiger partial charge on any atom is -0.381 e. The van der Waals surface area contributed by atoms with Gasteiger partial charge in [0, 0.05) is 19.3 Å². The molecule has 3 nitrogen and oxygen atoms in total. The Kier molecular flexibility index (Phi) is 3.19. The highest BCUT2D eigenvalue weighted by molar-refractivity contribution is 4.79. The van der Waals surface area contributed by atoms with Crippen LogP contribution in [0.2, 0.25) is 0 Å². The van der Waals surface area contributed by atoms with Crippen LogP contribution in [0.15, 0.2) is 0 Å². The molecule has 2 atom stereocenters. The van der Waals surface area contributed by atoms with Crippen LogP contribution in [0.3, 0.4) is 0 Å². The molecule has 0 aromatic heterocycles. The standard InChI is InChI=1S/C10H19NO2/c11-8-1-2-10(7-8)13-9-3-5-12-6-4-9/h8-10H,1-7,11H2/t8-,10+/m0/s1. The lowest BCUT2D eigenvalue weighted by Gasteiger charge is -2.25. The zero-order chi connectivity index (χ0) is 9.10. The highest BCUT2D eigenvalue weighted by Crippen LogP contribution is 2.24. The molecule has 0 spiro atoms. The van der Waals surface area contributed by atoms with Gasteiger partial charge in [0.2, 0.25) is 0 Å². The average molecular weight is 185 g/mol. The van der Waals surface area contributed by atoms with E-state index in [-0.39, 0.29) is 0 Å². The minimum absolute atomic E-state index is 0.379. The van der Waals surface area contributed by atoms with Crippen LogP contribution >= 0.6 is 0 Å². The second kappa shape index (κ2) is 4.40. The summed E-state index contributed by atoms with van der Waals surface area (Å²) in [6.45, 7) is 1.73. The maximum atomic E-state index is 5.96. The molecule has 1 saturated carbocycles. The first-order chi connectivity index (χ1) is 6.34. The Hall–Kier alpha value is -0.120. The molecule has 0 amide bonds. The van der Waals surface area contributed by atoms with Gasteiger partial charge in [-0.2, -0.15) is 0 Å². The van der Waals surface area contributed by atoms with Crippen molar-refractivity contribution in [1.82, 2.24) is 0 Å². The molecule has 2 fully saturated rings. The first-order valence-corrected chi connectivity index (χ1v) is 5.33. The van der Waals surface area contributed by atoms with Crippen molar-refractivity contribution in [1.29, 1.82) is 0 Å². The molecular formula is C10H19NO2. The lowest BCUT2D eigenvalue weighted by atomic mass is 10.1. The first-order valence-electron chi connectivity index (χ1n) is 5.33. The highest BCUT2D eigenvalue weighted by Gasteiger charge is 2.26. The molecule has 1 aliphatic heterocycles. The molecule has 13 heavy (non-hydrogen) atoms. The molecular weight excluding hydrogens is 166 g/mol. The number of nitrogens with two attached hydrogens (primary N) is 1. The Labute approximate surface area is 79.6 Å². The van der Waals surface area contributed by atoms with Crippen molar-refractivity contribution in [2.24, 2.45) is 5.73 Å². The van der Waals surface area contributed by atoms with Crippen molar-refractivity contribution in [3.8, 4) is 0 Å². The SMILES string of the molecule is N[C@H]1CC[C@@H](OC2CCOCC2)C1. The van der Waals surface area contributed by atoms with Gasteiger partial charge in [0.25, 0.3) is 0 Å². The smallest absolute Gasteiger partial charge is 0.0622 e. The fourth-order valence-electron chi connectivity index (χ4n) is 2.18. The van der Waals surface area contributed by atoms with Crippen LogP contribution in [-0.4, -0.2) is 31.5 Å². The predicted molar refractivity (Wildman–Crippen MR) is 50.5 cm³/mol. The van der Waals surface area contributed by atoms with Crippen molar-refractivity contribution in [2.45, 2.75) is 50.4 Å². The van der Waals surface area contributed by atoms with Crippen molar-refractivity contribution in [3.05, 3.63) is 0 Å². The summed E-state index contributed by atoms with van der Waals surface area (Å²) < 4.78 is 11.2. The van der Waals surface area contributed by atoms with Crippen molar-refractivity contribution < 1.29 is 9.47 Å². The van der Waals surface area contributed by atoms with Gasteiger partial charge in [-0.05, 0) is 32.1 Å². The zero-order valence-electron chi connectivity index (χ0n) is 8.08. The van der Waals surface area contributed by atoms with Gasteiger partial charge in [0.1, 0.15) is 0 Å². The number of hydrogen-bond donors (Lipinski definition) is 1. The quantitative estimate of drug-likeness (QED) is 0.699. The number of hydrogen-bond acceptors (Lipinski definition) is 3. The summed E-state index contributed by atoms with van der Waals surface area (Å²) in [6.07, 6.45) is 6.32. The first kappa shape index (κ1) is 9.44. The van der Waals surface area contributed by atoms with Crippen molar-refractivity contribution in [2.75, 3.05) is 13.2 Å². The van der Waals surface area contributed by atoms with Gasteiger partial charge in [0.05, 0.1) is 12.2 Å². The maximum Gasteiger partial charge on any atom is 0.0622 e. The van der Waals surface area contributed by atoms with Crippen LogP contribution in [0, 0.1) is 0 Å². The Morgan fingerprint density at radius 1 is 1.00 bits per heavy atom. The molecule has 0 unspecified atom stereocenters. The number of ether oxygens (including phenoxy) is 2. The van der Waals surface area contributed by atoms with E-state index in [1.807, 2.05) is 0 Å². The van der Waals surface area contributed by atoms with Gasteiger partial charge in [0.15, 0.2) is 0 Å². The Balaban J connectivity index is 1.71. The van der Waals surface area contributed by atoms with Crippen molar-refractivity contribution >= 4 is 0 Å². The van der Waals surface area contributed by atoms with Gasteiger partial charge in [-0.25, -0.2) is 0 Å². The van der Waals surface area contributed by atoms with Gasteiger partial charge < -0.3 is 15.2 Å². The molecule has 1 saturated heterocycles. The van der Waals surface area contributed by atoms with Gasteiger partial charge in [-0.3, -0.25) is 0 Å². The van der Waals surface area contributed by atoms with E-state index in [9.17, 15) is 0 Å². The Bertz CT molecular complexity index is 154. The van der Waals surface area contributed by atoms with Crippen LogP contribution in [-0.2, 0) is 9.47 Å². The van der Waals surface area contributed by atoms with Crippen molar-refractivity contribution in [3.63, 3.8) is 0 Å². The second-order valence-corrected chi connectivity index (χ2v) is 4.14. The summed E-state index contributed by atoms with van der Waals surface area (Å²) in [5, 5.41) is 0. The number of rotatable bonds is 2. The molecule has 3 heteroatoms. The molecule has 0 aromatic rings. The molecule has 2 rings (SSSR count). The van der Waals surface area contributed by atoms with E-state index in [0.29, 0.717) is 18.2 Å². The maximum absolute atomic E-state index is 5.96. The average Bonchev–Trinajstić information content (AvgIpc) is 2.53. The molecule has 0 aromatic carbocycles. The van der Waals surface area contributed by atoms with E-state index in [2.05, 4.69) is 0 Å². The van der Waals surface area contributed by atoms with Crippen LogP contribution < -0.4 is 5.73 Å². The third kappa shape index (κ3) is 2.66. The van der Waals surface area contributed by atoms with E-state index < -0.39 is 0 Å². The largest absolute Gasteiger partial charge is 0.381 e. The second-order valence-electron chi connectivity index (χ2n) is 4.14. The fraction of sp³-hybridized carbons (Fsp3) is 1.00. The van der Waals surface area contributed by atoms with E-state index >= 15 is 0 Å². The fourth-order valence-corrected chi connectivity index (χ4v) is 2.18. The Morgan fingerprint density at radius 2 is 1.77 bits per heavy atom. The summed E-state index contributed by atoms with van der Waals surface area (Å²) in [7, 11) is 0. The van der Waals surface area contributed by atoms with Crippen LogP contribution in [0.25, 0.3) is 0 Å². The molecule has 2 aliphatic rings. The highest BCUT2D eigenvalue weighted by atomic mass is 16.5. The monoisotopic (exact) mass is 185 g/mol. The molecule has 1 heterocycles. The zero-order valence-corrected chi connectivity index (χ0v) is 8.08. The summed E-state index contributed by atoms with van der Waals surface area (Å²) >= 11 is 0. The topological polar surface area (TPSA) is 44.5 Å². The Morgan fingerprint density at radius 3 is 2.38 bits per heavy atom. The van der Waals surface area contributed by atoms with Crippen LogP contribution in [0.4, 0.5) is 0 Å². The van der Waals surface area contributed by atoms with Gasteiger partial charge in [-0.1, -0.05) is 0 Å². The normalized spacial score (nSPS) is 36.7. The van der Waals surface area contributed by atoms with E-state index in [4.69, 9.17) is 15.2 Å².